The van der Waals surface area contributed by atoms with Gasteiger partial charge in [0.25, 0.3) is 0 Å². The molecule has 0 aliphatic rings. The van der Waals surface area contributed by atoms with Gasteiger partial charge in [-0.05, 0) is 5.92 Å². The highest BCUT2D eigenvalue weighted by atomic mass is 16.6. The number of hydrogen-bond acceptors (Lipinski definition) is 3. The van der Waals surface area contributed by atoms with Gasteiger partial charge in [0.1, 0.15) is 0 Å². The molecule has 9 heavy (non-hydrogen) atoms. The quantitative estimate of drug-likeness (QED) is 0.428. The summed E-state index contributed by atoms with van der Waals surface area (Å²) in [5, 5.41) is 9.00. The SMILES string of the molecule is CCCC(C)C.O=N[O-]. The lowest BCUT2D eigenvalue weighted by atomic mass is 10.1. The Morgan fingerprint density at radius 3 is 1.89 bits per heavy atom. The highest BCUT2D eigenvalue weighted by Crippen LogP contribution is 2.00. The summed E-state index contributed by atoms with van der Waals surface area (Å²) in [5.41, 5.74) is 0. The van der Waals surface area contributed by atoms with Crippen molar-refractivity contribution in [2.45, 2.75) is 33.6 Å². The minimum atomic E-state index is 0.898. The van der Waals surface area contributed by atoms with Gasteiger partial charge in [-0.25, -0.2) is 0 Å². The van der Waals surface area contributed by atoms with Gasteiger partial charge in [0.2, 0.25) is 0 Å². The molecule has 3 heteroatoms. The minimum Gasteiger partial charge on any atom is -0.444 e. The van der Waals surface area contributed by atoms with Crippen LogP contribution in [0.15, 0.2) is 5.34 Å². The lowest BCUT2D eigenvalue weighted by molar-refractivity contribution is 0.576. The first-order chi connectivity index (χ1) is 4.18. The molecule has 0 saturated heterocycles. The highest BCUT2D eigenvalue weighted by molar-refractivity contribution is 4.38. The van der Waals surface area contributed by atoms with Crippen molar-refractivity contribution in [3.8, 4) is 0 Å². The second-order valence-electron chi connectivity index (χ2n) is 2.26. The smallest absolute Gasteiger partial charge is 0.0471 e. The Labute approximate surface area is 56.0 Å². The van der Waals surface area contributed by atoms with Gasteiger partial charge < -0.3 is 10.1 Å². The molecule has 0 aliphatic carbocycles. The van der Waals surface area contributed by atoms with E-state index in [9.17, 15) is 0 Å². The van der Waals surface area contributed by atoms with E-state index < -0.39 is 0 Å². The molecule has 0 aromatic carbocycles. The fourth-order valence-electron chi connectivity index (χ4n) is 0.577. The predicted molar refractivity (Wildman–Crippen MR) is 38.9 cm³/mol. The number of nitrogens with zero attached hydrogens (tertiary/aromatic N) is 1. The summed E-state index contributed by atoms with van der Waals surface area (Å²) in [7, 11) is 0. The Kier molecular flexibility index (Phi) is 13.0. The summed E-state index contributed by atoms with van der Waals surface area (Å²) in [4.78, 5) is 8.00. The third-order valence-electron chi connectivity index (χ3n) is 0.866. The fraction of sp³-hybridized carbons (Fsp3) is 1.00. The van der Waals surface area contributed by atoms with Crippen LogP contribution in [-0.4, -0.2) is 0 Å². The summed E-state index contributed by atoms with van der Waals surface area (Å²) >= 11 is 0. The zero-order valence-corrected chi connectivity index (χ0v) is 6.26. The van der Waals surface area contributed by atoms with Crippen LogP contribution in [0.5, 0.6) is 0 Å². The van der Waals surface area contributed by atoms with Crippen molar-refractivity contribution in [2.75, 3.05) is 0 Å². The van der Waals surface area contributed by atoms with Crippen molar-refractivity contribution < 1.29 is 0 Å². The maximum absolute atomic E-state index is 8.00. The van der Waals surface area contributed by atoms with Crippen LogP contribution in [0.1, 0.15) is 33.6 Å². The van der Waals surface area contributed by atoms with Crippen molar-refractivity contribution >= 4 is 0 Å². The molecule has 0 rings (SSSR count). The molecule has 56 valence electrons. The van der Waals surface area contributed by atoms with Crippen molar-refractivity contribution in [1.29, 1.82) is 0 Å². The van der Waals surface area contributed by atoms with E-state index in [1.165, 1.54) is 12.8 Å². The van der Waals surface area contributed by atoms with Crippen LogP contribution in [0, 0.1) is 16.0 Å². The van der Waals surface area contributed by atoms with Crippen LogP contribution in [0.25, 0.3) is 0 Å². The van der Waals surface area contributed by atoms with Crippen LogP contribution in [0.4, 0.5) is 0 Å². The van der Waals surface area contributed by atoms with E-state index in [4.69, 9.17) is 10.1 Å². The van der Waals surface area contributed by atoms with E-state index in [1.54, 1.807) is 0 Å². The maximum atomic E-state index is 8.00. The lowest BCUT2D eigenvalue weighted by Crippen LogP contribution is -1.81. The Balaban J connectivity index is 0. The third kappa shape index (κ3) is 37.5. The zero-order valence-electron chi connectivity index (χ0n) is 6.26. The average Bonchev–Trinajstić information content (AvgIpc) is 1.67. The third-order valence-corrected chi connectivity index (χ3v) is 0.866. The second-order valence-corrected chi connectivity index (χ2v) is 2.26. The monoisotopic (exact) mass is 132 g/mol. The van der Waals surface area contributed by atoms with E-state index in [-0.39, 0.29) is 0 Å². The van der Waals surface area contributed by atoms with Crippen LogP contribution < -0.4 is 0 Å². The van der Waals surface area contributed by atoms with Crippen molar-refractivity contribution in [3.05, 3.63) is 10.1 Å². The van der Waals surface area contributed by atoms with E-state index >= 15 is 0 Å². The predicted octanol–water partition coefficient (Wildman–Crippen LogP) is 2.69. The summed E-state index contributed by atoms with van der Waals surface area (Å²) in [6.45, 7) is 6.73. The van der Waals surface area contributed by atoms with Gasteiger partial charge in [-0.15, -0.1) is 5.34 Å². The molecule has 0 spiro atoms. The van der Waals surface area contributed by atoms with E-state index in [0.29, 0.717) is 0 Å². The lowest BCUT2D eigenvalue weighted by Gasteiger charge is -1.95. The molecule has 0 aromatic rings. The summed E-state index contributed by atoms with van der Waals surface area (Å²) < 4.78 is 0. The largest absolute Gasteiger partial charge is 0.444 e. The molecular formula is C6H14NO2-. The van der Waals surface area contributed by atoms with E-state index in [2.05, 4.69) is 20.8 Å². The Bertz CT molecular complexity index is 55.0. The molecule has 0 bridgehead atoms. The Morgan fingerprint density at radius 1 is 1.56 bits per heavy atom. The molecular weight excluding hydrogens is 118 g/mol. The standard InChI is InChI=1S/C6H14.HNO2/c1-4-5-6(2)3;2-1-3/h6H,4-5H2,1-3H3;(H,2,3)/p-1. The van der Waals surface area contributed by atoms with Gasteiger partial charge in [0.15, 0.2) is 0 Å². The van der Waals surface area contributed by atoms with Gasteiger partial charge in [0, 0.05) is 0 Å². The van der Waals surface area contributed by atoms with Crippen LogP contribution in [0.3, 0.4) is 0 Å². The first-order valence-electron chi connectivity index (χ1n) is 3.14. The molecule has 0 heterocycles. The molecule has 0 fully saturated rings. The average molecular weight is 132 g/mol. The topological polar surface area (TPSA) is 52.5 Å². The minimum absolute atomic E-state index is 0.898. The van der Waals surface area contributed by atoms with Crippen LogP contribution in [0.2, 0.25) is 0 Å². The van der Waals surface area contributed by atoms with E-state index in [1.807, 2.05) is 0 Å². The fourth-order valence-corrected chi connectivity index (χ4v) is 0.577. The van der Waals surface area contributed by atoms with Gasteiger partial charge in [-0.1, -0.05) is 33.6 Å². The number of rotatable bonds is 2. The first kappa shape index (κ1) is 11.2. The van der Waals surface area contributed by atoms with Crippen LogP contribution in [-0.2, 0) is 0 Å². The van der Waals surface area contributed by atoms with Gasteiger partial charge >= 0.3 is 0 Å². The summed E-state index contributed by atoms with van der Waals surface area (Å²) in [6, 6.07) is 0. The Hall–Kier alpha value is -0.600. The molecule has 0 aliphatic heterocycles. The summed E-state index contributed by atoms with van der Waals surface area (Å²) in [5.74, 6) is 0.898. The molecule has 0 amide bonds. The van der Waals surface area contributed by atoms with Gasteiger partial charge in [-0.2, -0.15) is 0 Å². The molecule has 0 radical (unpaired) electrons. The molecule has 0 unspecified atom stereocenters. The van der Waals surface area contributed by atoms with Crippen molar-refractivity contribution in [1.82, 2.24) is 0 Å². The first-order valence-corrected chi connectivity index (χ1v) is 3.14. The van der Waals surface area contributed by atoms with Gasteiger partial charge in [-0.3, -0.25) is 0 Å². The van der Waals surface area contributed by atoms with Crippen LogP contribution >= 0.6 is 0 Å². The zero-order chi connectivity index (χ0) is 7.70. The second kappa shape index (κ2) is 10.4. The highest BCUT2D eigenvalue weighted by Gasteiger charge is 1.85. The molecule has 0 saturated carbocycles. The normalized spacial score (nSPS) is 8.00. The molecule has 0 aromatic heterocycles. The Morgan fingerprint density at radius 2 is 1.89 bits per heavy atom. The molecule has 0 atom stereocenters. The maximum Gasteiger partial charge on any atom is -0.0471 e. The van der Waals surface area contributed by atoms with Gasteiger partial charge in [0.05, 0.1) is 0 Å². The number of hydrogen-bond donors (Lipinski definition) is 0. The van der Waals surface area contributed by atoms with E-state index in [0.717, 1.165) is 11.3 Å². The summed E-state index contributed by atoms with van der Waals surface area (Å²) in [6.07, 6.45) is 2.71. The molecule has 0 N–H and O–H groups in total. The van der Waals surface area contributed by atoms with Crippen molar-refractivity contribution in [2.24, 2.45) is 11.3 Å². The molecule has 3 nitrogen and oxygen atoms in total. The van der Waals surface area contributed by atoms with Crippen molar-refractivity contribution in [3.63, 3.8) is 0 Å².